The average molecular weight is 452 g/mol. The van der Waals surface area contributed by atoms with Crippen molar-refractivity contribution in [3.05, 3.63) is 108 Å². The van der Waals surface area contributed by atoms with Gasteiger partial charge in [-0.2, -0.15) is 0 Å². The first kappa shape index (κ1) is 22.1. The third kappa shape index (κ3) is 4.80. The van der Waals surface area contributed by atoms with Gasteiger partial charge in [0.15, 0.2) is 5.78 Å². The van der Waals surface area contributed by atoms with Crippen LogP contribution in [0.5, 0.6) is 0 Å². The fourth-order valence-electron chi connectivity index (χ4n) is 4.83. The van der Waals surface area contributed by atoms with Crippen LogP contribution in [0, 0.1) is 0 Å². The first-order valence-corrected chi connectivity index (χ1v) is 11.9. The van der Waals surface area contributed by atoms with E-state index in [1.54, 1.807) is 0 Å². The van der Waals surface area contributed by atoms with Gasteiger partial charge in [0, 0.05) is 42.3 Å². The zero-order chi connectivity index (χ0) is 23.3. The van der Waals surface area contributed by atoms with Crippen molar-refractivity contribution in [2.45, 2.75) is 18.9 Å². The number of ketones is 1. The minimum absolute atomic E-state index is 0.0510. The summed E-state index contributed by atoms with van der Waals surface area (Å²) in [5, 5.41) is 1.13. The van der Waals surface area contributed by atoms with E-state index in [9.17, 15) is 9.59 Å². The summed E-state index contributed by atoms with van der Waals surface area (Å²) in [6.45, 7) is 2.26. The van der Waals surface area contributed by atoms with E-state index in [1.807, 2.05) is 77.8 Å². The highest BCUT2D eigenvalue weighted by Crippen LogP contribution is 2.23. The lowest BCUT2D eigenvalue weighted by Crippen LogP contribution is -2.59. The smallest absolute Gasteiger partial charge is 0.240 e. The molecule has 0 radical (unpaired) electrons. The van der Waals surface area contributed by atoms with E-state index >= 15 is 0 Å². The maximum Gasteiger partial charge on any atom is 0.240 e. The molecule has 1 atom stereocenters. The SMILES string of the molecule is O=C(CN1CCN(CCc2ccccc2)C(=O)[C@@H]1Cc1c[nH]c2ccccc12)c1ccccc1. The second-order valence-electron chi connectivity index (χ2n) is 8.90. The van der Waals surface area contributed by atoms with Crippen molar-refractivity contribution in [2.24, 2.45) is 0 Å². The van der Waals surface area contributed by atoms with Gasteiger partial charge < -0.3 is 9.88 Å². The molecule has 0 bridgehead atoms. The Labute approximate surface area is 200 Å². The number of nitrogens with zero attached hydrogens (tertiary/aromatic N) is 2. The molecule has 0 spiro atoms. The van der Waals surface area contributed by atoms with Crippen LogP contribution in [0.2, 0.25) is 0 Å². The average Bonchev–Trinajstić information content (AvgIpc) is 3.29. The lowest BCUT2D eigenvalue weighted by Gasteiger charge is -2.40. The van der Waals surface area contributed by atoms with Gasteiger partial charge in [-0.15, -0.1) is 0 Å². The van der Waals surface area contributed by atoms with E-state index in [-0.39, 0.29) is 24.3 Å². The number of carbonyl (C=O) groups excluding carboxylic acids is 2. The molecule has 172 valence electrons. The van der Waals surface area contributed by atoms with Crippen LogP contribution in [0.15, 0.2) is 91.1 Å². The summed E-state index contributed by atoms with van der Waals surface area (Å²) in [5.74, 6) is 0.156. The first-order chi connectivity index (χ1) is 16.7. The number of Topliss-reactive ketones (excluding diaryl/α,β-unsaturated/α-hetero) is 1. The maximum absolute atomic E-state index is 13.7. The van der Waals surface area contributed by atoms with Crippen LogP contribution in [-0.2, 0) is 17.6 Å². The van der Waals surface area contributed by atoms with Crippen molar-refractivity contribution in [1.82, 2.24) is 14.8 Å². The Kier molecular flexibility index (Phi) is 6.54. The quantitative estimate of drug-likeness (QED) is 0.405. The van der Waals surface area contributed by atoms with Crippen molar-refractivity contribution in [3.8, 4) is 0 Å². The largest absolute Gasteiger partial charge is 0.361 e. The zero-order valence-corrected chi connectivity index (χ0v) is 19.2. The minimum Gasteiger partial charge on any atom is -0.361 e. The fraction of sp³-hybridized carbons (Fsp3) is 0.241. The van der Waals surface area contributed by atoms with Crippen LogP contribution in [0.3, 0.4) is 0 Å². The first-order valence-electron chi connectivity index (χ1n) is 11.9. The summed E-state index contributed by atoms with van der Waals surface area (Å²) in [4.78, 5) is 34.1. The number of para-hydroxylation sites is 1. The van der Waals surface area contributed by atoms with Gasteiger partial charge in [-0.25, -0.2) is 0 Å². The van der Waals surface area contributed by atoms with Gasteiger partial charge in [-0.1, -0.05) is 78.9 Å². The number of H-pyrrole nitrogens is 1. The number of nitrogens with one attached hydrogen (secondary N) is 1. The predicted molar refractivity (Wildman–Crippen MR) is 135 cm³/mol. The van der Waals surface area contributed by atoms with E-state index in [0.717, 1.165) is 22.9 Å². The molecule has 1 fully saturated rings. The number of benzene rings is 3. The number of fused-ring (bicyclic) bond motifs is 1. The van der Waals surface area contributed by atoms with E-state index in [0.29, 0.717) is 31.6 Å². The van der Waals surface area contributed by atoms with Crippen molar-refractivity contribution in [2.75, 3.05) is 26.2 Å². The second kappa shape index (κ2) is 10.1. The summed E-state index contributed by atoms with van der Waals surface area (Å²) >= 11 is 0. The zero-order valence-electron chi connectivity index (χ0n) is 19.2. The van der Waals surface area contributed by atoms with Gasteiger partial charge in [-0.3, -0.25) is 14.5 Å². The molecule has 1 aliphatic rings. The highest BCUT2D eigenvalue weighted by Gasteiger charge is 2.36. The van der Waals surface area contributed by atoms with Gasteiger partial charge in [-0.05, 0) is 30.0 Å². The highest BCUT2D eigenvalue weighted by molar-refractivity contribution is 5.98. The summed E-state index contributed by atoms with van der Waals surface area (Å²) in [6.07, 6.45) is 3.40. The monoisotopic (exact) mass is 451 g/mol. The van der Waals surface area contributed by atoms with E-state index in [1.165, 1.54) is 5.56 Å². The van der Waals surface area contributed by atoms with Crippen LogP contribution in [-0.4, -0.2) is 58.7 Å². The lowest BCUT2D eigenvalue weighted by molar-refractivity contribution is -0.141. The minimum atomic E-state index is -0.364. The topological polar surface area (TPSA) is 56.4 Å². The molecule has 0 saturated carbocycles. The Morgan fingerprint density at radius 2 is 1.59 bits per heavy atom. The summed E-state index contributed by atoms with van der Waals surface area (Å²) in [5.41, 5.74) is 4.09. The molecular formula is C29H29N3O2. The van der Waals surface area contributed by atoms with Crippen molar-refractivity contribution < 1.29 is 9.59 Å². The molecule has 1 aliphatic heterocycles. The molecule has 2 heterocycles. The molecule has 0 aliphatic carbocycles. The van der Waals surface area contributed by atoms with Crippen LogP contribution >= 0.6 is 0 Å². The van der Waals surface area contributed by atoms with Crippen LogP contribution in [0.4, 0.5) is 0 Å². The Balaban J connectivity index is 1.37. The molecule has 0 unspecified atom stereocenters. The number of aromatic nitrogens is 1. The van der Waals surface area contributed by atoms with Gasteiger partial charge in [0.1, 0.15) is 0 Å². The molecule has 3 aromatic carbocycles. The number of carbonyl (C=O) groups is 2. The fourth-order valence-corrected chi connectivity index (χ4v) is 4.83. The van der Waals surface area contributed by atoms with E-state index in [2.05, 4.69) is 28.1 Å². The number of amides is 1. The van der Waals surface area contributed by atoms with Crippen LogP contribution in [0.1, 0.15) is 21.5 Å². The van der Waals surface area contributed by atoms with Gasteiger partial charge >= 0.3 is 0 Å². The second-order valence-corrected chi connectivity index (χ2v) is 8.90. The summed E-state index contributed by atoms with van der Waals surface area (Å²) in [7, 11) is 0. The third-order valence-electron chi connectivity index (χ3n) is 6.74. The maximum atomic E-state index is 13.7. The predicted octanol–water partition coefficient (Wildman–Crippen LogP) is 4.35. The molecule has 1 aromatic heterocycles. The van der Waals surface area contributed by atoms with Crippen molar-refractivity contribution >= 4 is 22.6 Å². The molecule has 4 aromatic rings. The summed E-state index contributed by atoms with van der Waals surface area (Å²) < 4.78 is 0. The molecule has 5 heteroatoms. The molecule has 5 nitrogen and oxygen atoms in total. The van der Waals surface area contributed by atoms with Crippen LogP contribution in [0.25, 0.3) is 10.9 Å². The molecule has 1 N–H and O–H groups in total. The standard InChI is InChI=1S/C29H29N3O2/c33-28(23-11-5-2-6-12-23)21-32-18-17-31(16-15-22-9-3-1-4-10-22)29(34)27(32)19-24-20-30-26-14-8-7-13-25(24)26/h1-14,20,27,30H,15-19,21H2/t27-/m0/s1. The van der Waals surface area contributed by atoms with Crippen LogP contribution < -0.4 is 0 Å². The van der Waals surface area contributed by atoms with Crippen molar-refractivity contribution in [3.63, 3.8) is 0 Å². The van der Waals surface area contributed by atoms with Crippen molar-refractivity contribution in [1.29, 1.82) is 0 Å². The Hall–Kier alpha value is -3.70. The number of aromatic amines is 1. The van der Waals surface area contributed by atoms with Gasteiger partial charge in [0.25, 0.3) is 0 Å². The van der Waals surface area contributed by atoms with Gasteiger partial charge in [0.05, 0.1) is 12.6 Å². The number of piperazine rings is 1. The summed E-state index contributed by atoms with van der Waals surface area (Å²) in [6, 6.07) is 27.4. The number of hydrogen-bond donors (Lipinski definition) is 1. The van der Waals surface area contributed by atoms with Gasteiger partial charge in [0.2, 0.25) is 5.91 Å². The Morgan fingerprint density at radius 1 is 0.882 bits per heavy atom. The highest BCUT2D eigenvalue weighted by atomic mass is 16.2. The molecule has 1 saturated heterocycles. The normalized spacial score (nSPS) is 16.8. The number of hydrogen-bond acceptors (Lipinski definition) is 3. The molecule has 5 rings (SSSR count). The molecule has 34 heavy (non-hydrogen) atoms. The lowest BCUT2D eigenvalue weighted by atomic mass is 9.99. The van der Waals surface area contributed by atoms with E-state index < -0.39 is 0 Å². The number of rotatable bonds is 8. The Morgan fingerprint density at radius 3 is 2.38 bits per heavy atom. The molecular weight excluding hydrogens is 422 g/mol. The van der Waals surface area contributed by atoms with E-state index in [4.69, 9.17) is 0 Å². The third-order valence-corrected chi connectivity index (χ3v) is 6.74. The molecule has 1 amide bonds. The Bertz CT molecular complexity index is 1270.